The first kappa shape index (κ1) is 12.2. The van der Waals surface area contributed by atoms with Crippen LogP contribution in [-0.2, 0) is 9.53 Å². The molecule has 0 aliphatic carbocycles. The molecule has 1 aromatic rings. The van der Waals surface area contributed by atoms with Gasteiger partial charge in [0, 0.05) is 6.07 Å². The second kappa shape index (κ2) is 5.85. The zero-order valence-electron chi connectivity index (χ0n) is 9.57. The van der Waals surface area contributed by atoms with E-state index >= 15 is 0 Å². The van der Waals surface area contributed by atoms with E-state index in [1.807, 2.05) is 0 Å². The number of nitrogens with one attached hydrogen (secondary N) is 1. The van der Waals surface area contributed by atoms with Gasteiger partial charge in [-0.2, -0.15) is 0 Å². The summed E-state index contributed by atoms with van der Waals surface area (Å²) in [5, 5.41) is 2.91. The Kier molecular flexibility index (Phi) is 4.44. The molecule has 16 heavy (non-hydrogen) atoms. The van der Waals surface area contributed by atoms with E-state index in [2.05, 4.69) is 10.1 Å². The highest BCUT2D eigenvalue weighted by molar-refractivity contribution is 5.76. The highest BCUT2D eigenvalue weighted by Gasteiger charge is 2.06. The first-order chi connectivity index (χ1) is 7.71. The quantitative estimate of drug-likeness (QED) is 0.765. The van der Waals surface area contributed by atoms with Crippen LogP contribution >= 0.6 is 0 Å². The summed E-state index contributed by atoms with van der Waals surface area (Å²) in [5.41, 5.74) is 0.687. The molecule has 0 radical (unpaired) electrons. The van der Waals surface area contributed by atoms with E-state index in [0.29, 0.717) is 17.2 Å². The zero-order chi connectivity index (χ0) is 12.0. The number of methoxy groups -OCH3 is 3. The number of hydrogen-bond donors (Lipinski definition) is 1. The Morgan fingerprint density at radius 2 is 2.00 bits per heavy atom. The predicted molar refractivity (Wildman–Crippen MR) is 60.1 cm³/mol. The number of esters is 1. The fraction of sp³-hybridized carbons (Fsp3) is 0.364. The Morgan fingerprint density at radius 1 is 1.25 bits per heavy atom. The van der Waals surface area contributed by atoms with E-state index < -0.39 is 0 Å². The van der Waals surface area contributed by atoms with Gasteiger partial charge in [-0.25, -0.2) is 0 Å². The average molecular weight is 225 g/mol. The van der Waals surface area contributed by atoms with Crippen LogP contribution in [0, 0.1) is 0 Å². The maximum Gasteiger partial charge on any atom is 0.325 e. The summed E-state index contributed by atoms with van der Waals surface area (Å²) >= 11 is 0. The number of anilines is 1. The van der Waals surface area contributed by atoms with Crippen LogP contribution in [0.2, 0.25) is 0 Å². The van der Waals surface area contributed by atoms with Crippen LogP contribution in [0.4, 0.5) is 5.69 Å². The lowest BCUT2D eigenvalue weighted by Gasteiger charge is -2.11. The highest BCUT2D eigenvalue weighted by Crippen LogP contribution is 2.28. The second-order valence-electron chi connectivity index (χ2n) is 3.00. The van der Waals surface area contributed by atoms with Gasteiger partial charge in [0.2, 0.25) is 0 Å². The fourth-order valence-electron chi connectivity index (χ4n) is 1.19. The Balaban J connectivity index is 2.78. The summed E-state index contributed by atoms with van der Waals surface area (Å²) in [6.45, 7) is 0.0834. The third-order valence-electron chi connectivity index (χ3n) is 2.06. The zero-order valence-corrected chi connectivity index (χ0v) is 9.57. The second-order valence-corrected chi connectivity index (χ2v) is 3.00. The lowest BCUT2D eigenvalue weighted by atomic mass is 10.2. The normalized spacial score (nSPS) is 9.44. The number of rotatable bonds is 5. The van der Waals surface area contributed by atoms with Crippen molar-refractivity contribution < 1.29 is 19.0 Å². The standard InChI is InChI=1S/C11H15NO4/c1-14-8-4-5-10(15-2)9(6-8)12-7-11(13)16-3/h4-6,12H,7H2,1-3H3. The minimum atomic E-state index is -0.343. The van der Waals surface area contributed by atoms with Crippen LogP contribution in [0.1, 0.15) is 0 Å². The van der Waals surface area contributed by atoms with Crippen molar-refractivity contribution in [1.82, 2.24) is 0 Å². The van der Waals surface area contributed by atoms with Crippen LogP contribution < -0.4 is 14.8 Å². The van der Waals surface area contributed by atoms with Gasteiger partial charge in [0.25, 0.3) is 0 Å². The summed E-state index contributed by atoms with van der Waals surface area (Å²) in [7, 11) is 4.48. The van der Waals surface area contributed by atoms with Crippen molar-refractivity contribution in [3.05, 3.63) is 18.2 Å². The molecule has 0 spiro atoms. The maximum atomic E-state index is 11.0. The van der Waals surface area contributed by atoms with Gasteiger partial charge in [-0.15, -0.1) is 0 Å². The molecule has 5 heteroatoms. The van der Waals surface area contributed by atoms with Crippen molar-refractivity contribution in [2.75, 3.05) is 33.2 Å². The third kappa shape index (κ3) is 3.05. The van der Waals surface area contributed by atoms with Crippen LogP contribution in [0.3, 0.4) is 0 Å². The van der Waals surface area contributed by atoms with Gasteiger partial charge in [0.05, 0.1) is 27.0 Å². The van der Waals surface area contributed by atoms with Crippen molar-refractivity contribution in [1.29, 1.82) is 0 Å². The van der Waals surface area contributed by atoms with Gasteiger partial charge in [0.15, 0.2) is 0 Å². The molecule has 0 bridgehead atoms. The molecule has 0 atom stereocenters. The van der Waals surface area contributed by atoms with E-state index in [1.165, 1.54) is 7.11 Å². The van der Waals surface area contributed by atoms with Gasteiger partial charge in [0.1, 0.15) is 18.0 Å². The first-order valence-corrected chi connectivity index (χ1v) is 4.74. The molecule has 5 nitrogen and oxygen atoms in total. The summed E-state index contributed by atoms with van der Waals surface area (Å²) in [6.07, 6.45) is 0. The Hall–Kier alpha value is -1.91. The molecular weight excluding hydrogens is 210 g/mol. The van der Waals surface area contributed by atoms with Crippen LogP contribution in [0.5, 0.6) is 11.5 Å². The monoisotopic (exact) mass is 225 g/mol. The van der Waals surface area contributed by atoms with E-state index in [1.54, 1.807) is 32.4 Å². The lowest BCUT2D eigenvalue weighted by molar-refractivity contribution is -0.138. The molecule has 1 aromatic carbocycles. The molecule has 0 aromatic heterocycles. The highest BCUT2D eigenvalue weighted by atomic mass is 16.5. The Bertz CT molecular complexity index is 365. The predicted octanol–water partition coefficient (Wildman–Crippen LogP) is 1.29. The SMILES string of the molecule is COC(=O)CNc1cc(OC)ccc1OC. The first-order valence-electron chi connectivity index (χ1n) is 4.74. The number of carbonyl (C=O) groups is 1. The van der Waals surface area contributed by atoms with Gasteiger partial charge in [-0.3, -0.25) is 4.79 Å². The van der Waals surface area contributed by atoms with E-state index in [-0.39, 0.29) is 12.5 Å². The smallest absolute Gasteiger partial charge is 0.325 e. The molecule has 0 aliphatic rings. The summed E-state index contributed by atoms with van der Waals surface area (Å²) in [5.74, 6) is 0.989. The van der Waals surface area contributed by atoms with Crippen molar-refractivity contribution in [2.24, 2.45) is 0 Å². The fourth-order valence-corrected chi connectivity index (χ4v) is 1.19. The van der Waals surface area contributed by atoms with E-state index in [0.717, 1.165) is 0 Å². The maximum absolute atomic E-state index is 11.0. The van der Waals surface area contributed by atoms with Gasteiger partial charge in [-0.1, -0.05) is 0 Å². The third-order valence-corrected chi connectivity index (χ3v) is 2.06. The molecule has 1 N–H and O–H groups in total. The molecule has 1 rings (SSSR count). The van der Waals surface area contributed by atoms with Crippen LogP contribution in [0.15, 0.2) is 18.2 Å². The van der Waals surface area contributed by atoms with Crippen molar-refractivity contribution >= 4 is 11.7 Å². The molecule has 0 aliphatic heterocycles. The molecular formula is C11H15NO4. The Labute approximate surface area is 94.3 Å². The van der Waals surface area contributed by atoms with Crippen LogP contribution in [0.25, 0.3) is 0 Å². The molecule has 0 saturated heterocycles. The lowest BCUT2D eigenvalue weighted by Crippen LogP contribution is -2.15. The van der Waals surface area contributed by atoms with E-state index in [4.69, 9.17) is 9.47 Å². The van der Waals surface area contributed by atoms with Gasteiger partial charge >= 0.3 is 5.97 Å². The summed E-state index contributed by atoms with van der Waals surface area (Å²) in [4.78, 5) is 11.0. The van der Waals surface area contributed by atoms with Gasteiger partial charge < -0.3 is 19.5 Å². The Morgan fingerprint density at radius 3 is 2.56 bits per heavy atom. The molecule has 0 unspecified atom stereocenters. The molecule has 88 valence electrons. The van der Waals surface area contributed by atoms with Crippen molar-refractivity contribution in [2.45, 2.75) is 0 Å². The summed E-state index contributed by atoms with van der Waals surface area (Å²) in [6, 6.07) is 5.29. The average Bonchev–Trinajstić information content (AvgIpc) is 2.35. The van der Waals surface area contributed by atoms with Crippen molar-refractivity contribution in [3.8, 4) is 11.5 Å². The summed E-state index contributed by atoms with van der Waals surface area (Å²) < 4.78 is 14.7. The minimum Gasteiger partial charge on any atom is -0.497 e. The molecule has 0 heterocycles. The number of hydrogen-bond acceptors (Lipinski definition) is 5. The van der Waals surface area contributed by atoms with E-state index in [9.17, 15) is 4.79 Å². The van der Waals surface area contributed by atoms with Gasteiger partial charge in [-0.05, 0) is 12.1 Å². The number of ether oxygens (including phenoxy) is 3. The number of carbonyl (C=O) groups excluding carboxylic acids is 1. The molecule has 0 amide bonds. The topological polar surface area (TPSA) is 56.8 Å². The van der Waals surface area contributed by atoms with Crippen LogP contribution in [-0.4, -0.2) is 33.8 Å². The minimum absolute atomic E-state index is 0.0834. The largest absolute Gasteiger partial charge is 0.497 e. The molecule has 0 fully saturated rings. The van der Waals surface area contributed by atoms with Crippen molar-refractivity contribution in [3.63, 3.8) is 0 Å². The number of benzene rings is 1. The molecule has 0 saturated carbocycles.